The van der Waals surface area contributed by atoms with Crippen LogP contribution < -0.4 is 0 Å². The lowest BCUT2D eigenvalue weighted by molar-refractivity contribution is -0.143. The van der Waals surface area contributed by atoms with Crippen LogP contribution >= 0.6 is 0 Å². The van der Waals surface area contributed by atoms with E-state index in [-0.39, 0.29) is 16.9 Å². The number of carbonyl (C=O) groups is 1. The summed E-state index contributed by atoms with van der Waals surface area (Å²) in [5.74, 6) is -0.923. The normalized spacial score (nSPS) is 22.6. The summed E-state index contributed by atoms with van der Waals surface area (Å²) in [7, 11) is -2.90. The Hall–Kier alpha value is -0.620. The van der Waals surface area contributed by atoms with Gasteiger partial charge >= 0.3 is 5.97 Å². The molecular formula is C12H23NO4S. The van der Waals surface area contributed by atoms with E-state index in [1.165, 1.54) is 0 Å². The third-order valence-corrected chi connectivity index (χ3v) is 4.73. The van der Waals surface area contributed by atoms with Crippen molar-refractivity contribution >= 4 is 15.8 Å². The zero-order chi connectivity index (χ0) is 14.0. The molecule has 1 saturated heterocycles. The van der Waals surface area contributed by atoms with Gasteiger partial charge in [-0.2, -0.15) is 0 Å². The first-order valence-electron chi connectivity index (χ1n) is 6.25. The number of sulfone groups is 1. The van der Waals surface area contributed by atoms with Crippen LogP contribution in [0, 0.1) is 11.3 Å². The van der Waals surface area contributed by atoms with E-state index in [4.69, 9.17) is 0 Å². The third-order valence-electron chi connectivity index (χ3n) is 3.12. The summed E-state index contributed by atoms with van der Waals surface area (Å²) in [6, 6.07) is 0. The maximum atomic E-state index is 11.3. The van der Waals surface area contributed by atoms with E-state index >= 15 is 0 Å². The molecule has 1 aliphatic heterocycles. The molecule has 0 aliphatic carbocycles. The van der Waals surface area contributed by atoms with Gasteiger partial charge in [-0.25, -0.2) is 8.42 Å². The summed E-state index contributed by atoms with van der Waals surface area (Å²) in [6.45, 7) is 7.41. The zero-order valence-corrected chi connectivity index (χ0v) is 12.2. The Morgan fingerprint density at radius 1 is 1.28 bits per heavy atom. The van der Waals surface area contributed by atoms with Crippen molar-refractivity contribution in [2.45, 2.75) is 27.2 Å². The van der Waals surface area contributed by atoms with Gasteiger partial charge in [-0.1, -0.05) is 20.8 Å². The van der Waals surface area contributed by atoms with Gasteiger partial charge in [0.05, 0.1) is 17.4 Å². The Kier molecular flexibility index (Phi) is 4.78. The van der Waals surface area contributed by atoms with Crippen LogP contribution in [0.5, 0.6) is 0 Å². The summed E-state index contributed by atoms with van der Waals surface area (Å²) < 4.78 is 22.6. The average molecular weight is 277 g/mol. The van der Waals surface area contributed by atoms with Gasteiger partial charge in [0.1, 0.15) is 0 Å². The van der Waals surface area contributed by atoms with Gasteiger partial charge in [0.2, 0.25) is 0 Å². The summed E-state index contributed by atoms with van der Waals surface area (Å²) in [5, 5.41) is 9.22. The SMILES string of the molecule is CC(C)(C)CC(CN1CCS(=O)(=O)CC1)C(=O)O. The highest BCUT2D eigenvalue weighted by molar-refractivity contribution is 7.91. The van der Waals surface area contributed by atoms with Gasteiger partial charge in [-0.15, -0.1) is 0 Å². The quantitative estimate of drug-likeness (QED) is 0.824. The Morgan fingerprint density at radius 2 is 1.78 bits per heavy atom. The van der Waals surface area contributed by atoms with E-state index in [2.05, 4.69) is 0 Å². The molecule has 1 fully saturated rings. The average Bonchev–Trinajstić information content (AvgIpc) is 2.18. The fourth-order valence-corrected chi connectivity index (χ4v) is 3.49. The minimum Gasteiger partial charge on any atom is -0.481 e. The van der Waals surface area contributed by atoms with Crippen LogP contribution in [-0.4, -0.2) is 55.5 Å². The van der Waals surface area contributed by atoms with Crippen LogP contribution in [0.2, 0.25) is 0 Å². The van der Waals surface area contributed by atoms with Crippen molar-refractivity contribution in [3.63, 3.8) is 0 Å². The van der Waals surface area contributed by atoms with E-state index in [1.807, 2.05) is 25.7 Å². The predicted octanol–water partition coefficient (Wildman–Crippen LogP) is 0.854. The first-order valence-corrected chi connectivity index (χ1v) is 8.07. The van der Waals surface area contributed by atoms with Crippen molar-refractivity contribution < 1.29 is 18.3 Å². The van der Waals surface area contributed by atoms with E-state index in [9.17, 15) is 18.3 Å². The molecule has 0 aromatic rings. The number of aliphatic carboxylic acids is 1. The van der Waals surface area contributed by atoms with Crippen molar-refractivity contribution in [3.8, 4) is 0 Å². The zero-order valence-electron chi connectivity index (χ0n) is 11.3. The molecule has 1 aliphatic rings. The van der Waals surface area contributed by atoms with E-state index < -0.39 is 21.7 Å². The molecule has 1 N–H and O–H groups in total. The molecule has 0 radical (unpaired) electrons. The third kappa shape index (κ3) is 5.35. The van der Waals surface area contributed by atoms with Gasteiger partial charge < -0.3 is 10.0 Å². The Labute approximate surface area is 109 Å². The summed E-state index contributed by atoms with van der Waals surface area (Å²) in [5.41, 5.74) is -0.0368. The highest BCUT2D eigenvalue weighted by Crippen LogP contribution is 2.25. The van der Waals surface area contributed by atoms with Gasteiger partial charge in [-0.05, 0) is 11.8 Å². The topological polar surface area (TPSA) is 74.7 Å². The van der Waals surface area contributed by atoms with Crippen LogP contribution in [-0.2, 0) is 14.6 Å². The molecule has 1 atom stereocenters. The fraction of sp³-hybridized carbons (Fsp3) is 0.917. The molecule has 1 unspecified atom stereocenters. The van der Waals surface area contributed by atoms with Crippen molar-refractivity contribution in [1.29, 1.82) is 0 Å². The lowest BCUT2D eigenvalue weighted by Gasteiger charge is -2.31. The van der Waals surface area contributed by atoms with Crippen LogP contribution in [0.1, 0.15) is 27.2 Å². The molecule has 0 aromatic heterocycles. The molecule has 6 heteroatoms. The predicted molar refractivity (Wildman–Crippen MR) is 70.3 cm³/mol. The van der Waals surface area contributed by atoms with Crippen LogP contribution in [0.4, 0.5) is 0 Å². The minimum absolute atomic E-state index is 0.0368. The van der Waals surface area contributed by atoms with Crippen molar-refractivity contribution in [2.75, 3.05) is 31.1 Å². The monoisotopic (exact) mass is 277 g/mol. The molecule has 1 heterocycles. The number of carboxylic acids is 1. The van der Waals surface area contributed by atoms with Gasteiger partial charge in [-0.3, -0.25) is 4.79 Å². The highest BCUT2D eigenvalue weighted by atomic mass is 32.2. The Balaban J connectivity index is 2.55. The molecule has 18 heavy (non-hydrogen) atoms. The van der Waals surface area contributed by atoms with E-state index in [1.54, 1.807) is 0 Å². The maximum absolute atomic E-state index is 11.3. The molecule has 0 saturated carbocycles. The lowest BCUT2D eigenvalue weighted by atomic mass is 9.84. The molecule has 5 nitrogen and oxygen atoms in total. The molecule has 1 rings (SSSR count). The maximum Gasteiger partial charge on any atom is 0.307 e. The Bertz CT molecular complexity index is 383. The van der Waals surface area contributed by atoms with Crippen molar-refractivity contribution in [2.24, 2.45) is 11.3 Å². The van der Waals surface area contributed by atoms with Gasteiger partial charge in [0, 0.05) is 19.6 Å². The molecule has 0 amide bonds. The minimum atomic E-state index is -2.90. The van der Waals surface area contributed by atoms with E-state index in [0.29, 0.717) is 26.1 Å². The number of carboxylic acid groups (broad SMARTS) is 1. The standard InChI is InChI=1S/C12H23NO4S/c1-12(2,3)8-10(11(14)15)9-13-4-6-18(16,17)7-5-13/h10H,4-9H2,1-3H3,(H,14,15). The first kappa shape index (κ1) is 15.4. The first-order chi connectivity index (χ1) is 8.09. The molecule has 0 bridgehead atoms. The van der Waals surface area contributed by atoms with Gasteiger partial charge in [0.15, 0.2) is 9.84 Å². The molecule has 106 valence electrons. The van der Waals surface area contributed by atoms with E-state index in [0.717, 1.165) is 0 Å². The second kappa shape index (κ2) is 5.57. The smallest absolute Gasteiger partial charge is 0.307 e. The van der Waals surface area contributed by atoms with Crippen molar-refractivity contribution in [3.05, 3.63) is 0 Å². The summed E-state index contributed by atoms with van der Waals surface area (Å²) in [4.78, 5) is 13.2. The van der Waals surface area contributed by atoms with Gasteiger partial charge in [0.25, 0.3) is 0 Å². The Morgan fingerprint density at radius 3 is 2.17 bits per heavy atom. The van der Waals surface area contributed by atoms with Crippen molar-refractivity contribution in [1.82, 2.24) is 4.90 Å². The number of rotatable bonds is 4. The summed E-state index contributed by atoms with van der Waals surface area (Å²) >= 11 is 0. The summed E-state index contributed by atoms with van der Waals surface area (Å²) in [6.07, 6.45) is 0.603. The lowest BCUT2D eigenvalue weighted by Crippen LogP contribution is -2.44. The number of hydrogen-bond donors (Lipinski definition) is 1. The molecular weight excluding hydrogens is 254 g/mol. The fourth-order valence-electron chi connectivity index (χ4n) is 2.21. The molecule has 0 spiro atoms. The highest BCUT2D eigenvalue weighted by Gasteiger charge is 2.29. The number of hydrogen-bond acceptors (Lipinski definition) is 4. The van der Waals surface area contributed by atoms with Crippen LogP contribution in [0.3, 0.4) is 0 Å². The second-order valence-corrected chi connectivity index (χ2v) is 8.56. The van der Waals surface area contributed by atoms with Crippen LogP contribution in [0.15, 0.2) is 0 Å². The molecule has 0 aromatic carbocycles. The largest absolute Gasteiger partial charge is 0.481 e. The second-order valence-electron chi connectivity index (χ2n) is 6.25. The number of nitrogens with zero attached hydrogens (tertiary/aromatic N) is 1. The van der Waals surface area contributed by atoms with Crippen LogP contribution in [0.25, 0.3) is 0 Å².